The number of aliphatic hydroxyl groups is 1. The van der Waals surface area contributed by atoms with Gasteiger partial charge < -0.3 is 19.3 Å². The topological polar surface area (TPSA) is 47.9 Å². The number of hydrogen-bond acceptors (Lipinski definition) is 4. The van der Waals surface area contributed by atoms with Crippen molar-refractivity contribution in [3.05, 3.63) is 35.9 Å². The van der Waals surface area contributed by atoms with Gasteiger partial charge in [-0.1, -0.05) is 30.3 Å². The SMILES string of the molecule is CO[C@H]1O[C@H](C)[C@H](O)C[C@H]1OCc1ccccc1. The molecular formula is C14H20O4. The van der Waals surface area contributed by atoms with Gasteiger partial charge in [-0.05, 0) is 12.5 Å². The summed E-state index contributed by atoms with van der Waals surface area (Å²) in [7, 11) is 1.59. The first-order chi connectivity index (χ1) is 8.70. The first-order valence-electron chi connectivity index (χ1n) is 6.22. The number of rotatable bonds is 4. The lowest BCUT2D eigenvalue weighted by molar-refractivity contribution is -0.264. The molecule has 0 aromatic heterocycles. The van der Waals surface area contributed by atoms with Crippen LogP contribution in [0.5, 0.6) is 0 Å². The molecule has 1 heterocycles. The summed E-state index contributed by atoms with van der Waals surface area (Å²) in [5, 5.41) is 9.80. The minimum atomic E-state index is -0.503. The molecule has 0 spiro atoms. The molecule has 100 valence electrons. The summed E-state index contributed by atoms with van der Waals surface area (Å²) in [4.78, 5) is 0. The molecule has 1 aromatic carbocycles. The minimum Gasteiger partial charge on any atom is -0.390 e. The van der Waals surface area contributed by atoms with Gasteiger partial charge in [0.1, 0.15) is 6.10 Å². The Labute approximate surface area is 107 Å². The molecule has 0 saturated carbocycles. The van der Waals surface area contributed by atoms with Crippen LogP contribution in [0.15, 0.2) is 30.3 Å². The Morgan fingerprint density at radius 3 is 2.72 bits per heavy atom. The molecule has 1 saturated heterocycles. The molecular weight excluding hydrogens is 232 g/mol. The molecule has 4 heteroatoms. The van der Waals surface area contributed by atoms with Crippen LogP contribution in [0, 0.1) is 0 Å². The molecule has 1 fully saturated rings. The Balaban J connectivity index is 1.91. The molecule has 4 nitrogen and oxygen atoms in total. The van der Waals surface area contributed by atoms with E-state index in [1.54, 1.807) is 7.11 Å². The zero-order valence-electron chi connectivity index (χ0n) is 10.8. The van der Waals surface area contributed by atoms with Gasteiger partial charge in [-0.3, -0.25) is 0 Å². The molecule has 1 aromatic rings. The monoisotopic (exact) mass is 252 g/mol. The van der Waals surface area contributed by atoms with Crippen LogP contribution < -0.4 is 0 Å². The van der Waals surface area contributed by atoms with Gasteiger partial charge >= 0.3 is 0 Å². The standard InChI is InChI=1S/C14H20O4/c1-10-12(15)8-13(14(16-2)18-10)17-9-11-6-4-3-5-7-11/h3-7,10,12-15H,8-9H2,1-2H3/t10-,12-,13-,14+/m1/s1. The minimum absolute atomic E-state index is 0.216. The highest BCUT2D eigenvalue weighted by molar-refractivity contribution is 5.13. The highest BCUT2D eigenvalue weighted by Gasteiger charge is 2.35. The predicted octanol–water partition coefficient (Wildman–Crippen LogP) is 1.71. The van der Waals surface area contributed by atoms with E-state index in [1.807, 2.05) is 37.3 Å². The van der Waals surface area contributed by atoms with E-state index in [4.69, 9.17) is 14.2 Å². The van der Waals surface area contributed by atoms with E-state index >= 15 is 0 Å². The van der Waals surface area contributed by atoms with Crippen molar-refractivity contribution < 1.29 is 19.3 Å². The van der Waals surface area contributed by atoms with Crippen LogP contribution in [-0.2, 0) is 20.8 Å². The highest BCUT2D eigenvalue weighted by Crippen LogP contribution is 2.23. The maximum Gasteiger partial charge on any atom is 0.183 e. The van der Waals surface area contributed by atoms with Crippen LogP contribution in [0.2, 0.25) is 0 Å². The largest absolute Gasteiger partial charge is 0.390 e. The van der Waals surface area contributed by atoms with E-state index in [1.165, 1.54) is 0 Å². The second-order valence-corrected chi connectivity index (χ2v) is 4.58. The van der Waals surface area contributed by atoms with Crippen molar-refractivity contribution in [3.8, 4) is 0 Å². The molecule has 0 bridgehead atoms. The van der Waals surface area contributed by atoms with Crippen molar-refractivity contribution in [2.45, 2.75) is 44.6 Å². The second-order valence-electron chi connectivity index (χ2n) is 4.58. The molecule has 0 unspecified atom stereocenters. The smallest absolute Gasteiger partial charge is 0.183 e. The highest BCUT2D eigenvalue weighted by atomic mass is 16.7. The van der Waals surface area contributed by atoms with E-state index in [2.05, 4.69) is 0 Å². The van der Waals surface area contributed by atoms with Crippen LogP contribution in [0.25, 0.3) is 0 Å². The molecule has 2 rings (SSSR count). The van der Waals surface area contributed by atoms with Gasteiger partial charge in [0.2, 0.25) is 0 Å². The molecule has 0 radical (unpaired) electrons. The van der Waals surface area contributed by atoms with Crippen molar-refractivity contribution in [1.82, 2.24) is 0 Å². The third kappa shape index (κ3) is 3.29. The van der Waals surface area contributed by atoms with Crippen molar-refractivity contribution in [2.75, 3.05) is 7.11 Å². The van der Waals surface area contributed by atoms with Crippen LogP contribution >= 0.6 is 0 Å². The van der Waals surface area contributed by atoms with E-state index in [9.17, 15) is 5.11 Å². The average Bonchev–Trinajstić information content (AvgIpc) is 2.41. The lowest BCUT2D eigenvalue weighted by Gasteiger charge is -2.37. The van der Waals surface area contributed by atoms with Crippen molar-refractivity contribution in [2.24, 2.45) is 0 Å². The lowest BCUT2D eigenvalue weighted by Crippen LogP contribution is -2.47. The number of aliphatic hydroxyl groups excluding tert-OH is 1. The molecule has 1 N–H and O–H groups in total. The maximum absolute atomic E-state index is 9.80. The van der Waals surface area contributed by atoms with E-state index in [0.29, 0.717) is 13.0 Å². The van der Waals surface area contributed by atoms with Gasteiger partial charge in [0.15, 0.2) is 6.29 Å². The molecule has 0 aliphatic carbocycles. The van der Waals surface area contributed by atoms with Crippen LogP contribution in [-0.4, -0.2) is 36.8 Å². The first-order valence-corrected chi connectivity index (χ1v) is 6.22. The Bertz CT molecular complexity index is 354. The fraction of sp³-hybridized carbons (Fsp3) is 0.571. The van der Waals surface area contributed by atoms with Crippen LogP contribution in [0.1, 0.15) is 18.9 Å². The van der Waals surface area contributed by atoms with Crippen LogP contribution in [0.4, 0.5) is 0 Å². The van der Waals surface area contributed by atoms with Gasteiger partial charge in [-0.25, -0.2) is 0 Å². The lowest BCUT2D eigenvalue weighted by atomic mass is 10.0. The van der Waals surface area contributed by atoms with Crippen molar-refractivity contribution in [3.63, 3.8) is 0 Å². The number of ether oxygens (including phenoxy) is 3. The van der Waals surface area contributed by atoms with Gasteiger partial charge in [0.25, 0.3) is 0 Å². The summed E-state index contributed by atoms with van der Waals surface area (Å²) in [6.07, 6.45) is -0.829. The summed E-state index contributed by atoms with van der Waals surface area (Å²) in [6.45, 7) is 2.33. The summed E-state index contributed by atoms with van der Waals surface area (Å²) < 4.78 is 16.6. The summed E-state index contributed by atoms with van der Waals surface area (Å²) in [6, 6.07) is 9.92. The summed E-state index contributed by atoms with van der Waals surface area (Å²) >= 11 is 0. The second kappa shape index (κ2) is 6.29. The van der Waals surface area contributed by atoms with Crippen LogP contribution in [0.3, 0.4) is 0 Å². The fourth-order valence-electron chi connectivity index (χ4n) is 2.06. The number of hydrogen-bond donors (Lipinski definition) is 1. The van der Waals surface area contributed by atoms with Crippen molar-refractivity contribution in [1.29, 1.82) is 0 Å². The zero-order chi connectivity index (χ0) is 13.0. The average molecular weight is 252 g/mol. The quantitative estimate of drug-likeness (QED) is 0.886. The van der Waals surface area contributed by atoms with E-state index in [-0.39, 0.29) is 12.2 Å². The van der Waals surface area contributed by atoms with Crippen molar-refractivity contribution >= 4 is 0 Å². The fourth-order valence-corrected chi connectivity index (χ4v) is 2.06. The summed E-state index contributed by atoms with van der Waals surface area (Å²) in [5.74, 6) is 0. The Kier molecular flexibility index (Phi) is 4.72. The number of methoxy groups -OCH3 is 1. The third-order valence-electron chi connectivity index (χ3n) is 3.21. The summed E-state index contributed by atoms with van der Waals surface area (Å²) in [5.41, 5.74) is 1.10. The Morgan fingerprint density at radius 2 is 2.06 bits per heavy atom. The van der Waals surface area contributed by atoms with Gasteiger partial charge in [0, 0.05) is 13.5 Å². The first kappa shape index (κ1) is 13.5. The molecule has 4 atom stereocenters. The van der Waals surface area contributed by atoms with E-state index in [0.717, 1.165) is 5.56 Å². The third-order valence-corrected chi connectivity index (χ3v) is 3.21. The Morgan fingerprint density at radius 1 is 1.33 bits per heavy atom. The molecule has 1 aliphatic heterocycles. The Hall–Kier alpha value is -0.940. The predicted molar refractivity (Wildman–Crippen MR) is 67.0 cm³/mol. The zero-order valence-corrected chi connectivity index (χ0v) is 10.8. The number of benzene rings is 1. The molecule has 18 heavy (non-hydrogen) atoms. The van der Waals surface area contributed by atoms with Gasteiger partial charge in [-0.2, -0.15) is 0 Å². The normalized spacial score (nSPS) is 32.4. The maximum atomic E-state index is 9.80. The van der Waals surface area contributed by atoms with Gasteiger partial charge in [-0.15, -0.1) is 0 Å². The molecule has 1 aliphatic rings. The van der Waals surface area contributed by atoms with E-state index < -0.39 is 12.4 Å². The molecule has 0 amide bonds. The van der Waals surface area contributed by atoms with Gasteiger partial charge in [0.05, 0.1) is 18.8 Å².